The number of aromatic nitrogens is 4. The lowest BCUT2D eigenvalue weighted by atomic mass is 10.5. The monoisotopic (exact) mass is 326 g/mol. The first-order valence-corrected chi connectivity index (χ1v) is 6.14. The van der Waals surface area contributed by atoms with Crippen LogP contribution in [0.3, 0.4) is 0 Å². The van der Waals surface area contributed by atoms with Crippen molar-refractivity contribution in [2.45, 2.75) is 6.92 Å². The molecule has 8 nitrogen and oxygen atoms in total. The number of nitrogens with one attached hydrogen (secondary N) is 1. The van der Waals surface area contributed by atoms with Crippen molar-refractivity contribution < 1.29 is 9.47 Å². The molecule has 0 unspecified atom stereocenters. The lowest BCUT2D eigenvalue weighted by Crippen LogP contribution is -2.12. The fourth-order valence-corrected chi connectivity index (χ4v) is 1.54. The fourth-order valence-electron chi connectivity index (χ4n) is 1.20. The highest BCUT2D eigenvalue weighted by atomic mass is 79.9. The zero-order valence-corrected chi connectivity index (χ0v) is 11.6. The van der Waals surface area contributed by atoms with Crippen molar-refractivity contribution in [2.24, 2.45) is 5.84 Å². The Bertz CT molecular complexity index is 567. The van der Waals surface area contributed by atoms with Gasteiger partial charge in [0.15, 0.2) is 5.75 Å². The first-order chi connectivity index (χ1) is 9.21. The minimum Gasteiger partial charge on any atom is -0.464 e. The summed E-state index contributed by atoms with van der Waals surface area (Å²) in [6.07, 6.45) is 3.17. The predicted octanol–water partition coefficient (Wildman–Crippen LogP) is 1.51. The van der Waals surface area contributed by atoms with Crippen molar-refractivity contribution in [3.8, 4) is 17.8 Å². The molecule has 9 heteroatoms. The summed E-state index contributed by atoms with van der Waals surface area (Å²) >= 11 is 3.29. The Morgan fingerprint density at radius 1 is 1.26 bits per heavy atom. The molecule has 0 spiro atoms. The minimum atomic E-state index is 0.0614. The first kappa shape index (κ1) is 13.4. The van der Waals surface area contributed by atoms with E-state index in [0.29, 0.717) is 12.4 Å². The van der Waals surface area contributed by atoms with E-state index < -0.39 is 0 Å². The Labute approximate surface area is 117 Å². The smallest absolute Gasteiger partial charge is 0.330 e. The largest absolute Gasteiger partial charge is 0.464 e. The van der Waals surface area contributed by atoms with E-state index in [2.05, 4.69) is 41.3 Å². The van der Waals surface area contributed by atoms with Crippen molar-refractivity contribution in [1.29, 1.82) is 0 Å². The van der Waals surface area contributed by atoms with Crippen LogP contribution in [0.2, 0.25) is 0 Å². The van der Waals surface area contributed by atoms with Crippen LogP contribution in [0.15, 0.2) is 22.9 Å². The van der Waals surface area contributed by atoms with Crippen LogP contribution in [0.1, 0.15) is 6.92 Å². The van der Waals surface area contributed by atoms with Gasteiger partial charge in [-0.2, -0.15) is 9.97 Å². The Kier molecular flexibility index (Phi) is 4.42. The molecule has 0 saturated carbocycles. The molecule has 0 fully saturated rings. The van der Waals surface area contributed by atoms with E-state index in [9.17, 15) is 0 Å². The quantitative estimate of drug-likeness (QED) is 0.628. The third-order valence-corrected chi connectivity index (χ3v) is 2.32. The van der Waals surface area contributed by atoms with Crippen LogP contribution >= 0.6 is 15.9 Å². The van der Waals surface area contributed by atoms with Gasteiger partial charge in [-0.15, -0.1) is 4.98 Å². The van der Waals surface area contributed by atoms with E-state index in [-0.39, 0.29) is 18.0 Å². The zero-order valence-electron chi connectivity index (χ0n) is 10.00. The van der Waals surface area contributed by atoms with E-state index in [1.54, 1.807) is 12.3 Å². The lowest BCUT2D eigenvalue weighted by molar-refractivity contribution is 0.303. The van der Waals surface area contributed by atoms with Crippen LogP contribution in [0.25, 0.3) is 0 Å². The molecule has 0 aliphatic heterocycles. The zero-order chi connectivity index (χ0) is 13.7. The van der Waals surface area contributed by atoms with Gasteiger partial charge in [0, 0.05) is 10.7 Å². The van der Waals surface area contributed by atoms with Gasteiger partial charge in [0.25, 0.3) is 0 Å². The van der Waals surface area contributed by atoms with Gasteiger partial charge in [0.1, 0.15) is 0 Å². The van der Waals surface area contributed by atoms with Gasteiger partial charge < -0.3 is 9.47 Å². The Balaban J connectivity index is 2.26. The predicted molar refractivity (Wildman–Crippen MR) is 70.8 cm³/mol. The van der Waals surface area contributed by atoms with Gasteiger partial charge in [-0.1, -0.05) is 0 Å². The van der Waals surface area contributed by atoms with Crippen molar-refractivity contribution in [3.05, 3.63) is 22.9 Å². The number of hydrogen-bond donors (Lipinski definition) is 2. The molecule has 0 saturated heterocycles. The van der Waals surface area contributed by atoms with E-state index >= 15 is 0 Å². The molecule has 0 bridgehead atoms. The fraction of sp³-hybridized carbons (Fsp3) is 0.200. The van der Waals surface area contributed by atoms with Gasteiger partial charge in [0.2, 0.25) is 5.95 Å². The Hall–Kier alpha value is -2.00. The molecule has 2 aromatic rings. The van der Waals surface area contributed by atoms with Crippen LogP contribution in [-0.4, -0.2) is 26.5 Å². The van der Waals surface area contributed by atoms with Gasteiger partial charge >= 0.3 is 12.0 Å². The second kappa shape index (κ2) is 6.25. The molecule has 0 atom stereocenters. The number of nitrogens with two attached hydrogens (primary N) is 1. The molecule has 0 radical (unpaired) electrons. The number of ether oxygens (including phenoxy) is 2. The summed E-state index contributed by atoms with van der Waals surface area (Å²) in [4.78, 5) is 15.8. The highest BCUT2D eigenvalue weighted by Gasteiger charge is 2.09. The minimum absolute atomic E-state index is 0.0614. The molecule has 0 aromatic carbocycles. The van der Waals surface area contributed by atoms with Gasteiger partial charge in [-0.05, 0) is 28.9 Å². The SMILES string of the molecule is CCOc1nc(NN)nc(Oc2cncc(Br)c2)n1. The van der Waals surface area contributed by atoms with Crippen molar-refractivity contribution in [1.82, 2.24) is 19.9 Å². The van der Waals surface area contributed by atoms with E-state index in [0.717, 1.165) is 4.47 Å². The number of halogens is 1. The maximum Gasteiger partial charge on any atom is 0.330 e. The molecule has 2 heterocycles. The summed E-state index contributed by atoms with van der Waals surface area (Å²) in [5.41, 5.74) is 2.32. The summed E-state index contributed by atoms with van der Waals surface area (Å²) < 4.78 is 11.4. The second-order valence-electron chi connectivity index (χ2n) is 3.24. The number of rotatable bonds is 5. The van der Waals surface area contributed by atoms with Crippen LogP contribution in [0.4, 0.5) is 5.95 Å². The maximum absolute atomic E-state index is 5.46. The highest BCUT2D eigenvalue weighted by molar-refractivity contribution is 9.10. The number of pyridine rings is 1. The van der Waals surface area contributed by atoms with E-state index in [1.165, 1.54) is 6.20 Å². The average Bonchev–Trinajstić information content (AvgIpc) is 2.39. The van der Waals surface area contributed by atoms with Crippen LogP contribution in [0.5, 0.6) is 17.8 Å². The van der Waals surface area contributed by atoms with Crippen molar-refractivity contribution >= 4 is 21.9 Å². The number of hydrazine groups is 1. The molecule has 0 amide bonds. The summed E-state index contributed by atoms with van der Waals surface area (Å²) in [7, 11) is 0. The van der Waals surface area contributed by atoms with Gasteiger partial charge in [-0.25, -0.2) is 5.84 Å². The van der Waals surface area contributed by atoms with Crippen LogP contribution in [0, 0.1) is 0 Å². The first-order valence-electron chi connectivity index (χ1n) is 5.35. The van der Waals surface area contributed by atoms with Crippen LogP contribution in [-0.2, 0) is 0 Å². The summed E-state index contributed by atoms with van der Waals surface area (Å²) in [6, 6.07) is 1.92. The molecule has 0 aliphatic rings. The Morgan fingerprint density at radius 2 is 2.05 bits per heavy atom. The molecule has 2 aromatic heterocycles. The molecule has 100 valence electrons. The summed E-state index contributed by atoms with van der Waals surface area (Å²) in [5.74, 6) is 5.89. The summed E-state index contributed by atoms with van der Waals surface area (Å²) in [5, 5.41) is 0. The molecule has 3 N–H and O–H groups in total. The highest BCUT2D eigenvalue weighted by Crippen LogP contribution is 2.22. The normalized spacial score (nSPS) is 10.1. The standard InChI is InChI=1S/C10H11BrN6O2/c1-2-18-9-14-8(17-12)15-10(16-9)19-7-3-6(11)4-13-5-7/h3-5H,2,12H2,1H3,(H,14,15,16,17). The van der Waals surface area contributed by atoms with E-state index in [1.807, 2.05) is 6.92 Å². The number of anilines is 1. The van der Waals surface area contributed by atoms with Crippen LogP contribution < -0.4 is 20.7 Å². The van der Waals surface area contributed by atoms with Crippen molar-refractivity contribution in [2.75, 3.05) is 12.0 Å². The molecule has 2 rings (SSSR count). The molecule has 0 aliphatic carbocycles. The van der Waals surface area contributed by atoms with Gasteiger partial charge in [-0.3, -0.25) is 10.4 Å². The maximum atomic E-state index is 5.46. The number of hydrogen-bond acceptors (Lipinski definition) is 8. The molecular formula is C10H11BrN6O2. The Morgan fingerprint density at radius 3 is 2.74 bits per heavy atom. The average molecular weight is 327 g/mol. The third-order valence-electron chi connectivity index (χ3n) is 1.89. The van der Waals surface area contributed by atoms with Gasteiger partial charge in [0.05, 0.1) is 12.8 Å². The summed E-state index contributed by atoms with van der Waals surface area (Å²) in [6.45, 7) is 2.24. The number of nitrogens with zero attached hydrogens (tertiary/aromatic N) is 4. The molecule has 19 heavy (non-hydrogen) atoms. The van der Waals surface area contributed by atoms with E-state index in [4.69, 9.17) is 15.3 Å². The second-order valence-corrected chi connectivity index (χ2v) is 4.16. The topological polar surface area (TPSA) is 108 Å². The van der Waals surface area contributed by atoms with Crippen molar-refractivity contribution in [3.63, 3.8) is 0 Å². The molecular weight excluding hydrogens is 316 g/mol. The number of nitrogen functional groups attached to an aromatic ring is 1. The lowest BCUT2D eigenvalue weighted by Gasteiger charge is -2.07. The third kappa shape index (κ3) is 3.73.